The van der Waals surface area contributed by atoms with Crippen molar-refractivity contribution in [2.45, 2.75) is 32.8 Å². The monoisotopic (exact) mass is 237 g/mol. The van der Waals surface area contributed by atoms with Crippen LogP contribution in [0.2, 0.25) is 0 Å². The van der Waals surface area contributed by atoms with Gasteiger partial charge in [-0.25, -0.2) is 4.39 Å². The van der Waals surface area contributed by atoms with Crippen molar-refractivity contribution in [3.05, 3.63) is 29.6 Å². The zero-order chi connectivity index (χ0) is 12.3. The lowest BCUT2D eigenvalue weighted by Crippen LogP contribution is -2.22. The van der Waals surface area contributed by atoms with E-state index in [1.54, 1.807) is 12.1 Å². The Bertz CT molecular complexity index is 380. The van der Waals surface area contributed by atoms with Crippen LogP contribution in [0.25, 0.3) is 0 Å². The average Bonchev–Trinajstić information content (AvgIpc) is 2.77. The Morgan fingerprint density at radius 3 is 3.00 bits per heavy atom. The molecule has 1 heterocycles. The van der Waals surface area contributed by atoms with Gasteiger partial charge in [-0.2, -0.15) is 0 Å². The molecule has 1 aromatic carbocycles. The number of hydrogen-bond acceptors (Lipinski definition) is 2. The molecular formula is C14H20FNO. The summed E-state index contributed by atoms with van der Waals surface area (Å²) in [5.74, 6) is 0.458. The molecule has 1 aromatic rings. The molecule has 0 radical (unpaired) electrons. The molecule has 1 fully saturated rings. The third-order valence-electron chi connectivity index (χ3n) is 3.54. The molecule has 0 aromatic heterocycles. The highest BCUT2D eigenvalue weighted by Crippen LogP contribution is 2.31. The Labute approximate surface area is 102 Å². The zero-order valence-corrected chi connectivity index (χ0v) is 10.3. The van der Waals surface area contributed by atoms with E-state index in [2.05, 4.69) is 11.8 Å². The Hall–Kier alpha value is -1.09. The largest absolute Gasteiger partial charge is 0.392 e. The number of hydrogen-bond donors (Lipinski definition) is 1. The van der Waals surface area contributed by atoms with Gasteiger partial charge in [0.15, 0.2) is 0 Å². The van der Waals surface area contributed by atoms with E-state index in [0.29, 0.717) is 17.2 Å². The van der Waals surface area contributed by atoms with E-state index in [0.717, 1.165) is 19.5 Å². The van der Waals surface area contributed by atoms with Gasteiger partial charge in [0.2, 0.25) is 0 Å². The van der Waals surface area contributed by atoms with Crippen molar-refractivity contribution in [1.82, 2.24) is 0 Å². The molecule has 0 spiro atoms. The number of anilines is 1. The van der Waals surface area contributed by atoms with Crippen LogP contribution in [0.5, 0.6) is 0 Å². The third kappa shape index (κ3) is 2.60. The Morgan fingerprint density at radius 1 is 1.47 bits per heavy atom. The first-order valence-electron chi connectivity index (χ1n) is 6.39. The molecule has 1 aliphatic heterocycles. The second kappa shape index (κ2) is 5.50. The number of para-hydroxylation sites is 1. The Morgan fingerprint density at radius 2 is 2.29 bits per heavy atom. The zero-order valence-electron chi connectivity index (χ0n) is 10.3. The standard InChI is InChI=1S/C14H20FNO/c1-2-4-11-7-8-16(9-11)14-12(10-17)5-3-6-13(14)15/h3,5-6,11,17H,2,4,7-10H2,1H3. The molecule has 3 heteroatoms. The van der Waals surface area contributed by atoms with Gasteiger partial charge >= 0.3 is 0 Å². The first kappa shape index (κ1) is 12.4. The van der Waals surface area contributed by atoms with Crippen molar-refractivity contribution in [3.63, 3.8) is 0 Å². The van der Waals surface area contributed by atoms with E-state index in [4.69, 9.17) is 0 Å². The molecule has 2 nitrogen and oxygen atoms in total. The van der Waals surface area contributed by atoms with Crippen molar-refractivity contribution < 1.29 is 9.50 Å². The van der Waals surface area contributed by atoms with E-state index in [1.165, 1.54) is 18.9 Å². The summed E-state index contributed by atoms with van der Waals surface area (Å²) in [5.41, 5.74) is 1.30. The Balaban J connectivity index is 2.18. The van der Waals surface area contributed by atoms with Gasteiger partial charge in [-0.3, -0.25) is 0 Å². The molecule has 0 saturated carbocycles. The van der Waals surface area contributed by atoms with Gasteiger partial charge in [0, 0.05) is 18.7 Å². The van der Waals surface area contributed by atoms with E-state index in [-0.39, 0.29) is 12.4 Å². The van der Waals surface area contributed by atoms with Crippen LogP contribution in [0, 0.1) is 11.7 Å². The first-order valence-corrected chi connectivity index (χ1v) is 6.39. The molecule has 1 saturated heterocycles. The van der Waals surface area contributed by atoms with Gasteiger partial charge in [0.05, 0.1) is 12.3 Å². The molecule has 17 heavy (non-hydrogen) atoms. The summed E-state index contributed by atoms with van der Waals surface area (Å²) >= 11 is 0. The van der Waals surface area contributed by atoms with Crippen molar-refractivity contribution >= 4 is 5.69 Å². The van der Waals surface area contributed by atoms with Crippen molar-refractivity contribution in [2.24, 2.45) is 5.92 Å². The molecule has 0 amide bonds. The predicted molar refractivity (Wildman–Crippen MR) is 67.6 cm³/mol. The SMILES string of the molecule is CCCC1CCN(c2c(F)cccc2CO)C1. The average molecular weight is 237 g/mol. The summed E-state index contributed by atoms with van der Waals surface area (Å²) < 4.78 is 13.8. The molecule has 1 unspecified atom stereocenters. The maximum Gasteiger partial charge on any atom is 0.146 e. The van der Waals surface area contributed by atoms with Crippen LogP contribution in [0.15, 0.2) is 18.2 Å². The van der Waals surface area contributed by atoms with Crippen LogP contribution >= 0.6 is 0 Å². The molecule has 0 bridgehead atoms. The number of halogens is 1. The van der Waals surface area contributed by atoms with Crippen LogP contribution < -0.4 is 4.90 Å². The van der Waals surface area contributed by atoms with E-state index >= 15 is 0 Å². The minimum absolute atomic E-state index is 0.0952. The predicted octanol–water partition coefficient (Wildman–Crippen LogP) is 2.94. The van der Waals surface area contributed by atoms with Crippen LogP contribution in [0.3, 0.4) is 0 Å². The van der Waals surface area contributed by atoms with Gasteiger partial charge in [-0.15, -0.1) is 0 Å². The fourth-order valence-electron chi connectivity index (χ4n) is 2.72. The lowest BCUT2D eigenvalue weighted by Gasteiger charge is -2.22. The number of rotatable bonds is 4. The highest BCUT2D eigenvalue weighted by Gasteiger charge is 2.25. The second-order valence-corrected chi connectivity index (χ2v) is 4.80. The summed E-state index contributed by atoms with van der Waals surface area (Å²) in [7, 11) is 0. The normalized spacial score (nSPS) is 19.9. The van der Waals surface area contributed by atoms with Crippen molar-refractivity contribution in [3.8, 4) is 0 Å². The minimum atomic E-state index is -0.214. The number of aliphatic hydroxyl groups excluding tert-OH is 1. The molecule has 1 aliphatic rings. The lowest BCUT2D eigenvalue weighted by atomic mass is 10.0. The van der Waals surface area contributed by atoms with Gasteiger partial charge in [0.1, 0.15) is 5.82 Å². The molecule has 2 rings (SSSR count). The molecule has 94 valence electrons. The summed E-state index contributed by atoms with van der Waals surface area (Å²) in [6.07, 6.45) is 3.52. The maximum absolute atomic E-state index is 13.8. The quantitative estimate of drug-likeness (QED) is 0.870. The van der Waals surface area contributed by atoms with Gasteiger partial charge in [-0.1, -0.05) is 25.5 Å². The number of benzene rings is 1. The van der Waals surface area contributed by atoms with E-state index in [1.807, 2.05) is 0 Å². The highest BCUT2D eigenvalue weighted by atomic mass is 19.1. The van der Waals surface area contributed by atoms with E-state index in [9.17, 15) is 9.50 Å². The minimum Gasteiger partial charge on any atom is -0.392 e. The van der Waals surface area contributed by atoms with Crippen molar-refractivity contribution in [2.75, 3.05) is 18.0 Å². The molecule has 0 aliphatic carbocycles. The fourth-order valence-corrected chi connectivity index (χ4v) is 2.72. The molecular weight excluding hydrogens is 217 g/mol. The lowest BCUT2D eigenvalue weighted by molar-refractivity contribution is 0.281. The van der Waals surface area contributed by atoms with Crippen LogP contribution in [-0.2, 0) is 6.61 Å². The highest BCUT2D eigenvalue weighted by molar-refractivity contribution is 5.55. The summed E-state index contributed by atoms with van der Waals surface area (Å²) in [6, 6.07) is 4.93. The summed E-state index contributed by atoms with van der Waals surface area (Å²) in [5, 5.41) is 9.28. The third-order valence-corrected chi connectivity index (χ3v) is 3.54. The number of nitrogens with zero attached hydrogens (tertiary/aromatic N) is 1. The fraction of sp³-hybridized carbons (Fsp3) is 0.571. The van der Waals surface area contributed by atoms with Gasteiger partial charge in [0.25, 0.3) is 0 Å². The summed E-state index contributed by atoms with van der Waals surface area (Å²) in [4.78, 5) is 2.08. The molecule has 1 N–H and O–H groups in total. The van der Waals surface area contributed by atoms with Crippen LogP contribution in [0.4, 0.5) is 10.1 Å². The maximum atomic E-state index is 13.8. The Kier molecular flexibility index (Phi) is 4.00. The van der Waals surface area contributed by atoms with Crippen LogP contribution in [-0.4, -0.2) is 18.2 Å². The van der Waals surface area contributed by atoms with E-state index < -0.39 is 0 Å². The van der Waals surface area contributed by atoms with Gasteiger partial charge < -0.3 is 10.0 Å². The number of aliphatic hydroxyl groups is 1. The molecule has 1 atom stereocenters. The first-order chi connectivity index (χ1) is 8.26. The summed E-state index contributed by atoms with van der Waals surface area (Å²) in [6.45, 7) is 3.91. The van der Waals surface area contributed by atoms with Gasteiger partial charge in [-0.05, 0) is 24.8 Å². The second-order valence-electron chi connectivity index (χ2n) is 4.80. The smallest absolute Gasteiger partial charge is 0.146 e. The van der Waals surface area contributed by atoms with Crippen molar-refractivity contribution in [1.29, 1.82) is 0 Å². The van der Waals surface area contributed by atoms with Crippen LogP contribution in [0.1, 0.15) is 31.7 Å². The topological polar surface area (TPSA) is 23.5 Å².